The number of anilines is 2. The number of carbonyl (C=O) groups is 2. The number of rotatable bonds is 8. The summed E-state index contributed by atoms with van der Waals surface area (Å²) in [5.74, 6) is -0.955. The van der Waals surface area contributed by atoms with E-state index in [1.165, 1.54) is 18.2 Å². The van der Waals surface area contributed by atoms with E-state index in [0.717, 1.165) is 11.1 Å². The second-order valence-electron chi connectivity index (χ2n) is 8.72. The van der Waals surface area contributed by atoms with Crippen molar-refractivity contribution in [2.45, 2.75) is 24.8 Å². The van der Waals surface area contributed by atoms with Gasteiger partial charge in [0.15, 0.2) is 0 Å². The zero-order valence-electron chi connectivity index (χ0n) is 20.7. The molecule has 0 heterocycles. The highest BCUT2D eigenvalue weighted by atomic mass is 35.5. The second-order valence-corrected chi connectivity index (χ2v) is 10.8. The van der Waals surface area contributed by atoms with Crippen LogP contribution in [0.3, 0.4) is 0 Å². The molecular formula is C29H26ClN3O4S. The predicted molar refractivity (Wildman–Crippen MR) is 150 cm³/mol. The highest BCUT2D eigenvalue weighted by Crippen LogP contribution is 2.26. The summed E-state index contributed by atoms with van der Waals surface area (Å²) >= 11 is 6.20. The third-order valence-corrected chi connectivity index (χ3v) is 7.72. The third-order valence-electron chi connectivity index (χ3n) is 5.85. The molecule has 1 atom stereocenters. The minimum atomic E-state index is -4.07. The lowest BCUT2D eigenvalue weighted by atomic mass is 10.1. The molecule has 1 unspecified atom stereocenters. The number of amides is 2. The van der Waals surface area contributed by atoms with Crippen LogP contribution >= 0.6 is 11.6 Å². The average Bonchev–Trinajstić information content (AvgIpc) is 2.90. The van der Waals surface area contributed by atoms with Crippen molar-refractivity contribution in [1.29, 1.82) is 0 Å². The van der Waals surface area contributed by atoms with Gasteiger partial charge in [-0.1, -0.05) is 71.8 Å². The van der Waals surface area contributed by atoms with Gasteiger partial charge >= 0.3 is 0 Å². The Hall–Kier alpha value is -4.14. The van der Waals surface area contributed by atoms with Gasteiger partial charge in [0.05, 0.1) is 22.3 Å². The maximum Gasteiger partial charge on any atom is 0.263 e. The van der Waals surface area contributed by atoms with Gasteiger partial charge < -0.3 is 10.6 Å². The summed E-state index contributed by atoms with van der Waals surface area (Å²) in [6.45, 7) is 3.76. The number of hydrogen-bond acceptors (Lipinski definition) is 4. The van der Waals surface area contributed by atoms with Crippen LogP contribution in [0.5, 0.6) is 0 Å². The van der Waals surface area contributed by atoms with Gasteiger partial charge in [-0.05, 0) is 61.9 Å². The monoisotopic (exact) mass is 547 g/mol. The molecule has 0 saturated carbocycles. The summed E-state index contributed by atoms with van der Waals surface area (Å²) in [6, 6.07) is 26.6. The molecule has 0 fully saturated rings. The number of halogens is 1. The zero-order chi connectivity index (χ0) is 27.3. The molecule has 194 valence electrons. The second kappa shape index (κ2) is 11.5. The molecule has 38 heavy (non-hydrogen) atoms. The fourth-order valence-corrected chi connectivity index (χ4v) is 5.35. The fraction of sp³-hybridized carbons (Fsp3) is 0.103. The average molecular weight is 548 g/mol. The lowest BCUT2D eigenvalue weighted by molar-refractivity contribution is 0.0940. The van der Waals surface area contributed by atoms with Crippen LogP contribution in [-0.2, 0) is 10.0 Å². The van der Waals surface area contributed by atoms with Crippen LogP contribution in [-0.4, -0.2) is 20.2 Å². The van der Waals surface area contributed by atoms with Gasteiger partial charge in [-0.2, -0.15) is 0 Å². The smallest absolute Gasteiger partial charge is 0.263 e. The van der Waals surface area contributed by atoms with Crippen molar-refractivity contribution in [1.82, 2.24) is 5.32 Å². The highest BCUT2D eigenvalue weighted by Gasteiger charge is 2.22. The van der Waals surface area contributed by atoms with E-state index in [2.05, 4.69) is 15.4 Å². The molecule has 0 aliphatic heterocycles. The first kappa shape index (κ1) is 26.9. The quantitative estimate of drug-likeness (QED) is 0.244. The summed E-state index contributed by atoms with van der Waals surface area (Å²) < 4.78 is 28.5. The van der Waals surface area contributed by atoms with Gasteiger partial charge in [-0.15, -0.1) is 0 Å². The number of hydrogen-bond donors (Lipinski definition) is 3. The Bertz CT molecular complexity index is 1570. The van der Waals surface area contributed by atoms with E-state index < -0.39 is 15.9 Å². The largest absolute Gasteiger partial charge is 0.345 e. The minimum absolute atomic E-state index is 0.0316. The molecule has 0 spiro atoms. The first-order valence-electron chi connectivity index (χ1n) is 11.8. The Labute approximate surface area is 226 Å². The SMILES string of the molecule is Cc1ccc(NS(=O)(=O)c2cc(C(=O)Nc3ccccc3C(=O)NC(C)c3ccccc3)ccc2Cl)cc1. The van der Waals surface area contributed by atoms with Crippen LogP contribution in [0.15, 0.2) is 102 Å². The highest BCUT2D eigenvalue weighted by molar-refractivity contribution is 7.92. The molecule has 2 amide bonds. The Morgan fingerprint density at radius 1 is 0.816 bits per heavy atom. The van der Waals surface area contributed by atoms with Gasteiger partial charge in [-0.25, -0.2) is 8.42 Å². The molecule has 0 saturated heterocycles. The van der Waals surface area contributed by atoms with Crippen molar-refractivity contribution in [3.8, 4) is 0 Å². The van der Waals surface area contributed by atoms with E-state index in [0.29, 0.717) is 5.69 Å². The van der Waals surface area contributed by atoms with Crippen molar-refractivity contribution in [2.24, 2.45) is 0 Å². The molecule has 0 aliphatic carbocycles. The Balaban J connectivity index is 1.54. The van der Waals surface area contributed by atoms with E-state index in [1.54, 1.807) is 48.5 Å². The Morgan fingerprint density at radius 3 is 2.18 bits per heavy atom. The fourth-order valence-electron chi connectivity index (χ4n) is 3.77. The van der Waals surface area contributed by atoms with Gasteiger partial charge in [0.1, 0.15) is 4.90 Å². The number of carbonyl (C=O) groups excluding carboxylic acids is 2. The van der Waals surface area contributed by atoms with Crippen LogP contribution < -0.4 is 15.4 Å². The summed E-state index contributed by atoms with van der Waals surface area (Å²) in [5.41, 5.74) is 2.90. The van der Waals surface area contributed by atoms with Crippen molar-refractivity contribution in [3.63, 3.8) is 0 Å². The van der Waals surface area contributed by atoms with Crippen molar-refractivity contribution in [2.75, 3.05) is 10.0 Å². The Kier molecular flexibility index (Phi) is 8.14. The van der Waals surface area contributed by atoms with Crippen LogP contribution in [0, 0.1) is 6.92 Å². The molecule has 3 N–H and O–H groups in total. The number of nitrogens with one attached hydrogen (secondary N) is 3. The molecule has 0 aromatic heterocycles. The van der Waals surface area contributed by atoms with E-state index in [4.69, 9.17) is 11.6 Å². The van der Waals surface area contributed by atoms with Crippen molar-refractivity contribution < 1.29 is 18.0 Å². The standard InChI is InChI=1S/C29H26ClN3O4S/c1-19-12-15-23(16-13-19)33-38(36,37)27-18-22(14-17-25(27)30)28(34)32-26-11-7-6-10-24(26)29(35)31-20(2)21-8-4-3-5-9-21/h3-18,20,33H,1-2H3,(H,31,35)(H,32,34). The van der Waals surface area contributed by atoms with Gasteiger partial charge in [0, 0.05) is 11.3 Å². The number of sulfonamides is 1. The summed E-state index contributed by atoms with van der Waals surface area (Å²) in [5, 5.41) is 5.62. The van der Waals surface area contributed by atoms with Crippen LogP contribution in [0.4, 0.5) is 11.4 Å². The summed E-state index contributed by atoms with van der Waals surface area (Å²) in [4.78, 5) is 25.9. The van der Waals surface area contributed by atoms with Gasteiger partial charge in [-0.3, -0.25) is 14.3 Å². The summed E-state index contributed by atoms with van der Waals surface area (Å²) in [6.07, 6.45) is 0. The minimum Gasteiger partial charge on any atom is -0.345 e. The van der Waals surface area contributed by atoms with E-state index in [-0.39, 0.29) is 38.7 Å². The van der Waals surface area contributed by atoms with E-state index in [1.807, 2.05) is 44.2 Å². The maximum atomic E-state index is 13.1. The Morgan fingerprint density at radius 2 is 1.47 bits per heavy atom. The molecule has 0 radical (unpaired) electrons. The van der Waals surface area contributed by atoms with E-state index >= 15 is 0 Å². The number of para-hydroxylation sites is 1. The number of benzene rings is 4. The van der Waals surface area contributed by atoms with Crippen molar-refractivity contribution in [3.05, 3.63) is 124 Å². The van der Waals surface area contributed by atoms with Gasteiger partial charge in [0.25, 0.3) is 21.8 Å². The van der Waals surface area contributed by atoms with Crippen LogP contribution in [0.25, 0.3) is 0 Å². The van der Waals surface area contributed by atoms with Crippen molar-refractivity contribution >= 4 is 44.8 Å². The normalized spacial score (nSPS) is 11.9. The molecule has 7 nitrogen and oxygen atoms in total. The van der Waals surface area contributed by atoms with Crippen LogP contribution in [0.2, 0.25) is 5.02 Å². The lowest BCUT2D eigenvalue weighted by Crippen LogP contribution is -2.28. The molecule has 0 bridgehead atoms. The molecule has 4 aromatic rings. The topological polar surface area (TPSA) is 104 Å². The lowest BCUT2D eigenvalue weighted by Gasteiger charge is -2.16. The molecule has 9 heteroatoms. The number of aryl methyl sites for hydroxylation is 1. The molecule has 0 aliphatic rings. The molecule has 4 rings (SSSR count). The maximum absolute atomic E-state index is 13.1. The first-order valence-corrected chi connectivity index (χ1v) is 13.7. The molecule has 4 aromatic carbocycles. The summed E-state index contributed by atoms with van der Waals surface area (Å²) in [7, 11) is -4.07. The van der Waals surface area contributed by atoms with Gasteiger partial charge in [0.2, 0.25) is 0 Å². The zero-order valence-corrected chi connectivity index (χ0v) is 22.3. The van der Waals surface area contributed by atoms with E-state index in [9.17, 15) is 18.0 Å². The predicted octanol–water partition coefficient (Wildman–Crippen LogP) is 6.19. The third kappa shape index (κ3) is 6.40. The first-order chi connectivity index (χ1) is 18.1. The van der Waals surface area contributed by atoms with Crippen LogP contribution in [0.1, 0.15) is 44.8 Å². The molecular weight excluding hydrogens is 522 g/mol.